The Morgan fingerprint density at radius 3 is 3.11 bits per heavy atom. The Balaban J connectivity index is 1.69. The van der Waals surface area contributed by atoms with Crippen LogP contribution >= 0.6 is 22.6 Å². The molecule has 0 aromatic rings. The van der Waals surface area contributed by atoms with Gasteiger partial charge in [-0.1, -0.05) is 0 Å². The molecule has 6 atom stereocenters. The molecule has 4 nitrogen and oxygen atoms in total. The van der Waals surface area contributed by atoms with Crippen molar-refractivity contribution in [3.05, 3.63) is 0 Å². The van der Waals surface area contributed by atoms with Crippen molar-refractivity contribution < 1.29 is 14.2 Å². The highest BCUT2D eigenvalue weighted by atomic mass is 127. The molecule has 0 aromatic heterocycles. The molecule has 0 radical (unpaired) electrons. The molecule has 2 bridgehead atoms. The molecule has 100 valence electrons. The number of ether oxygens (including phenoxy) is 3. The molecule has 18 heavy (non-hydrogen) atoms. The highest BCUT2D eigenvalue weighted by Crippen LogP contribution is 2.47. The quantitative estimate of drug-likeness (QED) is 0.559. The molecule has 3 saturated heterocycles. The largest absolute Gasteiger partial charge is 0.368 e. The van der Waals surface area contributed by atoms with Gasteiger partial charge in [-0.05, 0) is 48.8 Å². The van der Waals surface area contributed by atoms with E-state index in [1.54, 1.807) is 0 Å². The van der Waals surface area contributed by atoms with Crippen molar-refractivity contribution in [2.24, 2.45) is 5.92 Å². The second kappa shape index (κ2) is 4.89. The zero-order valence-electron chi connectivity index (χ0n) is 10.5. The van der Waals surface area contributed by atoms with Crippen LogP contribution in [0.15, 0.2) is 0 Å². The molecule has 0 saturated carbocycles. The van der Waals surface area contributed by atoms with Crippen molar-refractivity contribution in [1.82, 2.24) is 0 Å². The van der Waals surface area contributed by atoms with E-state index in [1.165, 1.54) is 0 Å². The van der Waals surface area contributed by atoms with Crippen molar-refractivity contribution in [2.45, 2.75) is 60.6 Å². The van der Waals surface area contributed by atoms with E-state index in [2.05, 4.69) is 28.7 Å². The van der Waals surface area contributed by atoms with Crippen molar-refractivity contribution in [1.29, 1.82) is 5.26 Å². The van der Waals surface area contributed by atoms with E-state index in [4.69, 9.17) is 19.5 Å². The molecule has 5 heteroatoms. The van der Waals surface area contributed by atoms with Crippen LogP contribution in [0.1, 0.15) is 32.6 Å². The second-order valence-electron chi connectivity index (χ2n) is 5.68. The number of halogens is 1. The van der Waals surface area contributed by atoms with Crippen molar-refractivity contribution in [2.75, 3.05) is 6.61 Å². The summed E-state index contributed by atoms with van der Waals surface area (Å²) in [5.41, 5.74) is -0.232. The van der Waals surface area contributed by atoms with Gasteiger partial charge in [-0.15, -0.1) is 0 Å². The highest BCUT2D eigenvalue weighted by Gasteiger charge is 2.57. The van der Waals surface area contributed by atoms with Gasteiger partial charge in [0.05, 0.1) is 31.0 Å². The van der Waals surface area contributed by atoms with Crippen LogP contribution in [0, 0.1) is 17.2 Å². The van der Waals surface area contributed by atoms with Gasteiger partial charge < -0.3 is 14.2 Å². The Labute approximate surface area is 121 Å². The van der Waals surface area contributed by atoms with Gasteiger partial charge in [0, 0.05) is 12.3 Å². The van der Waals surface area contributed by atoms with Gasteiger partial charge in [0.25, 0.3) is 0 Å². The van der Waals surface area contributed by atoms with Crippen LogP contribution < -0.4 is 0 Å². The SMILES string of the molecule is C[C@@H](C#N)CC1CCC2O[C@@H]3CC2(COC3I)O1. The summed E-state index contributed by atoms with van der Waals surface area (Å²) >= 11 is 2.30. The van der Waals surface area contributed by atoms with Crippen LogP contribution in [0.3, 0.4) is 0 Å². The van der Waals surface area contributed by atoms with Gasteiger partial charge in [0.1, 0.15) is 9.71 Å². The lowest BCUT2D eigenvalue weighted by atomic mass is 9.85. The monoisotopic (exact) mass is 363 g/mol. The minimum atomic E-state index is -0.232. The molecule has 3 aliphatic rings. The Kier molecular flexibility index (Phi) is 3.56. The Morgan fingerprint density at radius 1 is 1.50 bits per heavy atom. The Bertz CT molecular complexity index is 372. The van der Waals surface area contributed by atoms with Crippen LogP contribution in [0.25, 0.3) is 0 Å². The summed E-state index contributed by atoms with van der Waals surface area (Å²) in [6.45, 7) is 2.60. The molecule has 4 unspecified atom stereocenters. The molecular weight excluding hydrogens is 345 g/mol. The van der Waals surface area contributed by atoms with E-state index in [0.29, 0.717) is 6.61 Å². The maximum absolute atomic E-state index is 8.91. The summed E-state index contributed by atoms with van der Waals surface area (Å²) in [6, 6.07) is 2.29. The first kappa shape index (κ1) is 13.1. The number of rotatable bonds is 2. The second-order valence-corrected chi connectivity index (χ2v) is 6.90. The van der Waals surface area contributed by atoms with E-state index < -0.39 is 0 Å². The van der Waals surface area contributed by atoms with Gasteiger partial charge in [-0.3, -0.25) is 0 Å². The summed E-state index contributed by atoms with van der Waals surface area (Å²) in [5, 5.41) is 8.91. The number of nitrogens with zero attached hydrogens (tertiary/aromatic N) is 1. The van der Waals surface area contributed by atoms with E-state index in [1.807, 2.05) is 6.92 Å². The fourth-order valence-electron chi connectivity index (χ4n) is 3.32. The average molecular weight is 363 g/mol. The molecule has 3 heterocycles. The number of alkyl halides is 1. The third-order valence-corrected chi connectivity index (χ3v) is 5.40. The third-order valence-electron chi connectivity index (χ3n) is 4.24. The molecular formula is C13H18INO3. The Hall–Kier alpha value is 0.1000. The first-order valence-electron chi connectivity index (χ1n) is 6.61. The van der Waals surface area contributed by atoms with Crippen LogP contribution in [-0.4, -0.2) is 34.6 Å². The van der Waals surface area contributed by atoms with Crippen LogP contribution in [0.2, 0.25) is 0 Å². The highest BCUT2D eigenvalue weighted by molar-refractivity contribution is 14.1. The topological polar surface area (TPSA) is 51.5 Å². The maximum atomic E-state index is 8.91. The standard InChI is InChI=1S/C13H18INO3/c1-8(6-15)4-9-2-3-11-13(18-9)5-10(17-11)12(14)16-7-13/h8-12H,2-5,7H2,1H3/t8-,9?,10-,11?,12?,13?/m1/s1. The molecule has 3 rings (SSSR count). The Morgan fingerprint density at radius 2 is 2.33 bits per heavy atom. The summed E-state index contributed by atoms with van der Waals surface area (Å²) in [7, 11) is 0. The fraction of sp³-hybridized carbons (Fsp3) is 0.923. The van der Waals surface area contributed by atoms with Crippen LogP contribution in [0.5, 0.6) is 0 Å². The molecule has 0 amide bonds. The number of fused-ring (bicyclic) bond motifs is 1. The van der Waals surface area contributed by atoms with Crippen molar-refractivity contribution >= 4 is 22.6 Å². The summed E-state index contributed by atoms with van der Waals surface area (Å²) in [6.07, 6.45) is 4.36. The summed E-state index contributed by atoms with van der Waals surface area (Å²) < 4.78 is 18.3. The molecule has 0 aromatic carbocycles. The summed E-state index contributed by atoms with van der Waals surface area (Å²) in [5.74, 6) is 0.0582. The third kappa shape index (κ3) is 2.17. The first-order chi connectivity index (χ1) is 8.63. The first-order valence-corrected chi connectivity index (χ1v) is 7.86. The predicted octanol–water partition coefficient (Wildman–Crippen LogP) is 2.40. The zero-order chi connectivity index (χ0) is 12.8. The molecule has 0 N–H and O–H groups in total. The number of nitriles is 1. The van der Waals surface area contributed by atoms with Crippen LogP contribution in [-0.2, 0) is 14.2 Å². The maximum Gasteiger partial charge on any atom is 0.135 e. The summed E-state index contributed by atoms with van der Waals surface area (Å²) in [4.78, 5) is 0. The predicted molar refractivity (Wildman–Crippen MR) is 73.3 cm³/mol. The lowest BCUT2D eigenvalue weighted by molar-refractivity contribution is -0.186. The fourth-order valence-corrected chi connectivity index (χ4v) is 3.92. The molecule has 3 aliphatic heterocycles. The smallest absolute Gasteiger partial charge is 0.135 e. The van der Waals surface area contributed by atoms with E-state index >= 15 is 0 Å². The van der Waals surface area contributed by atoms with Gasteiger partial charge >= 0.3 is 0 Å². The minimum Gasteiger partial charge on any atom is -0.368 e. The lowest BCUT2D eigenvalue weighted by Crippen LogP contribution is -2.53. The normalized spacial score (nSPS) is 48.3. The molecule has 1 spiro atoms. The zero-order valence-corrected chi connectivity index (χ0v) is 12.6. The van der Waals surface area contributed by atoms with Crippen molar-refractivity contribution in [3.63, 3.8) is 0 Å². The average Bonchev–Trinajstić information content (AvgIpc) is 2.68. The van der Waals surface area contributed by atoms with Gasteiger partial charge in [0.15, 0.2) is 0 Å². The molecule has 0 aliphatic carbocycles. The lowest BCUT2D eigenvalue weighted by Gasteiger charge is -2.43. The van der Waals surface area contributed by atoms with Crippen molar-refractivity contribution in [3.8, 4) is 6.07 Å². The van der Waals surface area contributed by atoms with Crippen LogP contribution in [0.4, 0.5) is 0 Å². The van der Waals surface area contributed by atoms with E-state index in [0.717, 1.165) is 25.7 Å². The number of hydrogen-bond acceptors (Lipinski definition) is 4. The van der Waals surface area contributed by atoms with E-state index in [-0.39, 0.29) is 33.9 Å². The van der Waals surface area contributed by atoms with Gasteiger partial charge in [-0.25, -0.2) is 0 Å². The number of hydrogen-bond donors (Lipinski definition) is 0. The molecule has 3 fully saturated rings. The van der Waals surface area contributed by atoms with Gasteiger partial charge in [0.2, 0.25) is 0 Å². The van der Waals surface area contributed by atoms with E-state index in [9.17, 15) is 0 Å². The minimum absolute atomic E-state index is 0.0582. The van der Waals surface area contributed by atoms with Gasteiger partial charge in [-0.2, -0.15) is 5.26 Å².